The number of piperidine rings is 1. The first-order valence-corrected chi connectivity index (χ1v) is 7.89. The van der Waals surface area contributed by atoms with Gasteiger partial charge in [0.1, 0.15) is 0 Å². The normalized spacial score (nSPS) is 20.5. The predicted octanol–water partition coefficient (Wildman–Crippen LogP) is 1.79. The molecule has 1 amide bonds. The number of carbonyl (C=O) groups is 1. The molecule has 0 aromatic heterocycles. The molecule has 110 valence electrons. The van der Waals surface area contributed by atoms with Crippen molar-refractivity contribution in [2.45, 2.75) is 51.5 Å². The molecule has 0 spiro atoms. The standard InChI is InChI=1S/C15H28N2O2/c1-2-19-11-3-4-15(18)17(14-5-6-14)12-13-7-9-16-10-8-13/h13-14,16H,2-12H2,1H3. The van der Waals surface area contributed by atoms with E-state index < -0.39 is 0 Å². The molecule has 1 N–H and O–H groups in total. The summed E-state index contributed by atoms with van der Waals surface area (Å²) in [5.41, 5.74) is 0. The first-order valence-electron chi connectivity index (χ1n) is 7.89. The minimum Gasteiger partial charge on any atom is -0.382 e. The van der Waals surface area contributed by atoms with E-state index in [2.05, 4.69) is 10.2 Å². The van der Waals surface area contributed by atoms with Crippen molar-refractivity contribution in [3.63, 3.8) is 0 Å². The molecule has 0 aromatic carbocycles. The molecule has 1 saturated heterocycles. The Morgan fingerprint density at radius 1 is 1.26 bits per heavy atom. The summed E-state index contributed by atoms with van der Waals surface area (Å²) < 4.78 is 5.31. The average molecular weight is 268 g/mol. The number of rotatable bonds is 8. The lowest BCUT2D eigenvalue weighted by atomic mass is 9.97. The Bertz CT molecular complexity index is 273. The van der Waals surface area contributed by atoms with Crippen LogP contribution in [0.3, 0.4) is 0 Å². The Kier molecular flexibility index (Phi) is 6.11. The van der Waals surface area contributed by atoms with E-state index in [1.165, 1.54) is 25.7 Å². The Hall–Kier alpha value is -0.610. The number of nitrogens with zero attached hydrogens (tertiary/aromatic N) is 1. The third-order valence-corrected chi connectivity index (χ3v) is 4.11. The Labute approximate surface area is 116 Å². The van der Waals surface area contributed by atoms with Crippen LogP contribution in [0, 0.1) is 5.92 Å². The second-order valence-corrected chi connectivity index (χ2v) is 5.77. The van der Waals surface area contributed by atoms with Crippen molar-refractivity contribution in [2.24, 2.45) is 5.92 Å². The lowest BCUT2D eigenvalue weighted by Gasteiger charge is -2.30. The first kappa shape index (κ1) is 14.8. The molecule has 19 heavy (non-hydrogen) atoms. The van der Waals surface area contributed by atoms with E-state index in [4.69, 9.17) is 4.74 Å². The monoisotopic (exact) mass is 268 g/mol. The molecule has 4 heteroatoms. The number of amides is 1. The van der Waals surface area contributed by atoms with E-state index >= 15 is 0 Å². The van der Waals surface area contributed by atoms with Crippen LogP contribution in [0.4, 0.5) is 0 Å². The number of hydrogen-bond acceptors (Lipinski definition) is 3. The topological polar surface area (TPSA) is 41.6 Å². The van der Waals surface area contributed by atoms with Crippen molar-refractivity contribution in [1.82, 2.24) is 10.2 Å². The van der Waals surface area contributed by atoms with Gasteiger partial charge in [0, 0.05) is 32.2 Å². The van der Waals surface area contributed by atoms with E-state index in [-0.39, 0.29) is 0 Å². The molecular weight excluding hydrogens is 240 g/mol. The molecule has 1 heterocycles. The maximum absolute atomic E-state index is 12.3. The molecule has 0 bridgehead atoms. The fourth-order valence-corrected chi connectivity index (χ4v) is 2.80. The molecule has 4 nitrogen and oxygen atoms in total. The summed E-state index contributed by atoms with van der Waals surface area (Å²) in [7, 11) is 0. The van der Waals surface area contributed by atoms with E-state index in [0.717, 1.165) is 32.7 Å². The van der Waals surface area contributed by atoms with Gasteiger partial charge in [-0.2, -0.15) is 0 Å². The van der Waals surface area contributed by atoms with Crippen molar-refractivity contribution in [2.75, 3.05) is 32.8 Å². The number of ether oxygens (including phenoxy) is 1. The largest absolute Gasteiger partial charge is 0.382 e. The highest BCUT2D eigenvalue weighted by Gasteiger charge is 2.33. The van der Waals surface area contributed by atoms with Gasteiger partial charge in [-0.15, -0.1) is 0 Å². The summed E-state index contributed by atoms with van der Waals surface area (Å²) >= 11 is 0. The SMILES string of the molecule is CCOCCCC(=O)N(CC1CCNCC1)C1CC1. The van der Waals surface area contributed by atoms with Gasteiger partial charge in [-0.3, -0.25) is 4.79 Å². The van der Waals surface area contributed by atoms with Crippen molar-refractivity contribution >= 4 is 5.91 Å². The maximum atomic E-state index is 12.3. The van der Waals surface area contributed by atoms with Crippen LogP contribution < -0.4 is 5.32 Å². The number of carbonyl (C=O) groups excluding carboxylic acids is 1. The van der Waals surface area contributed by atoms with Gasteiger partial charge in [0.15, 0.2) is 0 Å². The summed E-state index contributed by atoms with van der Waals surface area (Å²) in [5.74, 6) is 1.05. The molecule has 2 rings (SSSR count). The van der Waals surface area contributed by atoms with Gasteiger partial charge in [-0.05, 0) is 58.0 Å². The van der Waals surface area contributed by atoms with Gasteiger partial charge in [0.25, 0.3) is 0 Å². The third-order valence-electron chi connectivity index (χ3n) is 4.11. The molecule has 0 unspecified atom stereocenters. The number of nitrogens with one attached hydrogen (secondary N) is 1. The smallest absolute Gasteiger partial charge is 0.222 e. The van der Waals surface area contributed by atoms with Gasteiger partial charge in [0.05, 0.1) is 0 Å². The van der Waals surface area contributed by atoms with Gasteiger partial charge in [-0.1, -0.05) is 0 Å². The molecule has 0 atom stereocenters. The fourth-order valence-electron chi connectivity index (χ4n) is 2.80. The first-order chi connectivity index (χ1) is 9.31. The minimum absolute atomic E-state index is 0.348. The van der Waals surface area contributed by atoms with E-state index in [9.17, 15) is 4.79 Å². The lowest BCUT2D eigenvalue weighted by molar-refractivity contribution is -0.133. The van der Waals surface area contributed by atoms with Crippen LogP contribution in [-0.2, 0) is 9.53 Å². The van der Waals surface area contributed by atoms with Crippen LogP contribution in [0.2, 0.25) is 0 Å². The molecule has 1 saturated carbocycles. The summed E-state index contributed by atoms with van der Waals surface area (Å²) in [5, 5.41) is 3.39. The molecule has 1 aliphatic carbocycles. The Morgan fingerprint density at radius 2 is 2.00 bits per heavy atom. The van der Waals surface area contributed by atoms with E-state index in [0.29, 0.717) is 30.9 Å². The van der Waals surface area contributed by atoms with Crippen LogP contribution in [0.25, 0.3) is 0 Å². The molecule has 0 radical (unpaired) electrons. The highest BCUT2D eigenvalue weighted by atomic mass is 16.5. The molecule has 1 aliphatic heterocycles. The zero-order valence-corrected chi connectivity index (χ0v) is 12.2. The Morgan fingerprint density at radius 3 is 2.63 bits per heavy atom. The highest BCUT2D eigenvalue weighted by Crippen LogP contribution is 2.29. The summed E-state index contributed by atoms with van der Waals surface area (Å²) in [6, 6.07) is 0.550. The Balaban J connectivity index is 1.73. The average Bonchev–Trinajstić information content (AvgIpc) is 3.26. The fraction of sp³-hybridized carbons (Fsp3) is 0.933. The van der Waals surface area contributed by atoms with Crippen molar-refractivity contribution in [3.8, 4) is 0 Å². The highest BCUT2D eigenvalue weighted by molar-refractivity contribution is 5.76. The van der Waals surface area contributed by atoms with Gasteiger partial charge >= 0.3 is 0 Å². The zero-order chi connectivity index (χ0) is 13.5. The summed E-state index contributed by atoms with van der Waals surface area (Å²) in [6.45, 7) is 6.67. The van der Waals surface area contributed by atoms with Crippen LogP contribution in [0.15, 0.2) is 0 Å². The van der Waals surface area contributed by atoms with Crippen LogP contribution >= 0.6 is 0 Å². The van der Waals surface area contributed by atoms with Crippen LogP contribution in [0.5, 0.6) is 0 Å². The number of hydrogen-bond donors (Lipinski definition) is 1. The van der Waals surface area contributed by atoms with Gasteiger partial charge in [-0.25, -0.2) is 0 Å². The van der Waals surface area contributed by atoms with Crippen molar-refractivity contribution in [1.29, 1.82) is 0 Å². The van der Waals surface area contributed by atoms with Crippen molar-refractivity contribution < 1.29 is 9.53 Å². The minimum atomic E-state index is 0.348. The summed E-state index contributed by atoms with van der Waals surface area (Å²) in [4.78, 5) is 14.5. The van der Waals surface area contributed by atoms with Gasteiger partial charge < -0.3 is 15.0 Å². The third kappa shape index (κ3) is 5.11. The predicted molar refractivity (Wildman–Crippen MR) is 76.1 cm³/mol. The second-order valence-electron chi connectivity index (χ2n) is 5.77. The van der Waals surface area contributed by atoms with Crippen LogP contribution in [-0.4, -0.2) is 49.7 Å². The summed E-state index contributed by atoms with van der Waals surface area (Å²) in [6.07, 6.45) is 6.37. The second kappa shape index (κ2) is 7.85. The zero-order valence-electron chi connectivity index (χ0n) is 12.2. The molecular formula is C15H28N2O2. The maximum Gasteiger partial charge on any atom is 0.222 e. The quantitative estimate of drug-likeness (QED) is 0.682. The van der Waals surface area contributed by atoms with E-state index in [1.807, 2.05) is 6.92 Å². The molecule has 2 aliphatic rings. The molecule has 2 fully saturated rings. The van der Waals surface area contributed by atoms with Gasteiger partial charge in [0.2, 0.25) is 5.91 Å². The van der Waals surface area contributed by atoms with E-state index in [1.54, 1.807) is 0 Å². The molecule has 0 aromatic rings. The lowest BCUT2D eigenvalue weighted by Crippen LogP contribution is -2.40. The van der Waals surface area contributed by atoms with Crippen LogP contribution in [0.1, 0.15) is 45.4 Å². The van der Waals surface area contributed by atoms with Crippen molar-refractivity contribution in [3.05, 3.63) is 0 Å².